The van der Waals surface area contributed by atoms with Gasteiger partial charge in [0.1, 0.15) is 0 Å². The molecule has 1 unspecified atom stereocenters. The molecule has 0 aliphatic heterocycles. The Morgan fingerprint density at radius 3 is 2.64 bits per heavy atom. The molecule has 0 bridgehead atoms. The Bertz CT molecular complexity index is 110. The molecular weight excluding hydrogens is 138 g/mol. The zero-order valence-electron chi connectivity index (χ0n) is 7.56. The number of rotatable bonds is 6. The van der Waals surface area contributed by atoms with Crippen LogP contribution in [0.1, 0.15) is 26.7 Å². The van der Waals surface area contributed by atoms with Crippen LogP contribution in [0.4, 0.5) is 0 Å². The van der Waals surface area contributed by atoms with Crippen molar-refractivity contribution < 1.29 is 5.11 Å². The maximum atomic E-state index is 9.46. The Balaban J connectivity index is 3.30. The summed E-state index contributed by atoms with van der Waals surface area (Å²) < 4.78 is 0. The molecule has 1 atom stereocenters. The number of aliphatic hydroxyl groups is 1. The summed E-state index contributed by atoms with van der Waals surface area (Å²) in [7, 11) is 0. The van der Waals surface area contributed by atoms with E-state index in [-0.39, 0.29) is 0 Å². The van der Waals surface area contributed by atoms with Crippen molar-refractivity contribution in [1.29, 1.82) is 0 Å². The monoisotopic (exact) mass is 157 g/mol. The lowest BCUT2D eigenvalue weighted by atomic mass is 10.0. The van der Waals surface area contributed by atoms with Gasteiger partial charge in [-0.1, -0.05) is 13.0 Å². The molecule has 0 aliphatic rings. The minimum absolute atomic E-state index is 0.708. The second kappa shape index (κ2) is 5.33. The third kappa shape index (κ3) is 6.07. The van der Waals surface area contributed by atoms with Crippen LogP contribution in [0.2, 0.25) is 0 Å². The van der Waals surface area contributed by atoms with Crippen molar-refractivity contribution in [2.45, 2.75) is 32.3 Å². The molecule has 11 heavy (non-hydrogen) atoms. The molecule has 0 aromatic heterocycles. The highest BCUT2D eigenvalue weighted by atomic mass is 16.3. The van der Waals surface area contributed by atoms with Crippen molar-refractivity contribution in [2.75, 3.05) is 13.1 Å². The van der Waals surface area contributed by atoms with Crippen LogP contribution in [0.5, 0.6) is 0 Å². The zero-order chi connectivity index (χ0) is 8.74. The molecule has 0 rings (SSSR count). The van der Waals surface area contributed by atoms with Crippen molar-refractivity contribution in [1.82, 2.24) is 5.32 Å². The average molecular weight is 157 g/mol. The molecular formula is C9H19NO. The third-order valence-corrected chi connectivity index (χ3v) is 1.67. The van der Waals surface area contributed by atoms with E-state index in [0.29, 0.717) is 0 Å². The van der Waals surface area contributed by atoms with Gasteiger partial charge < -0.3 is 10.4 Å². The topological polar surface area (TPSA) is 32.3 Å². The fraction of sp³-hybridized carbons (Fsp3) is 0.778. The minimum Gasteiger partial charge on any atom is -0.386 e. The Morgan fingerprint density at radius 1 is 1.55 bits per heavy atom. The van der Waals surface area contributed by atoms with Gasteiger partial charge in [0, 0.05) is 0 Å². The first-order chi connectivity index (χ1) is 5.12. The second-order valence-corrected chi connectivity index (χ2v) is 3.06. The van der Waals surface area contributed by atoms with E-state index in [9.17, 15) is 5.11 Å². The van der Waals surface area contributed by atoms with Crippen LogP contribution in [-0.2, 0) is 0 Å². The lowest BCUT2D eigenvalue weighted by Crippen LogP contribution is -2.27. The lowest BCUT2D eigenvalue weighted by Gasteiger charge is -2.17. The van der Waals surface area contributed by atoms with Gasteiger partial charge in [0.05, 0.1) is 5.60 Å². The predicted octanol–water partition coefficient (Wildman–Crippen LogP) is 1.31. The van der Waals surface area contributed by atoms with Gasteiger partial charge in [-0.3, -0.25) is 0 Å². The SMILES string of the molecule is C=CC(C)(O)CCNCCC. The van der Waals surface area contributed by atoms with Gasteiger partial charge in [-0.25, -0.2) is 0 Å². The van der Waals surface area contributed by atoms with Gasteiger partial charge in [0.25, 0.3) is 0 Å². The molecule has 66 valence electrons. The first-order valence-corrected chi connectivity index (χ1v) is 4.19. The summed E-state index contributed by atoms with van der Waals surface area (Å²) in [6.07, 6.45) is 3.45. The highest BCUT2D eigenvalue weighted by Gasteiger charge is 2.13. The molecule has 0 saturated carbocycles. The lowest BCUT2D eigenvalue weighted by molar-refractivity contribution is 0.102. The van der Waals surface area contributed by atoms with E-state index in [0.717, 1.165) is 25.9 Å². The number of hydrogen-bond donors (Lipinski definition) is 2. The number of hydrogen-bond acceptors (Lipinski definition) is 2. The van der Waals surface area contributed by atoms with E-state index in [2.05, 4.69) is 18.8 Å². The van der Waals surface area contributed by atoms with Gasteiger partial charge in [0.2, 0.25) is 0 Å². The van der Waals surface area contributed by atoms with Gasteiger partial charge >= 0.3 is 0 Å². The normalized spacial score (nSPS) is 15.9. The van der Waals surface area contributed by atoms with Crippen LogP contribution in [0.3, 0.4) is 0 Å². The molecule has 2 N–H and O–H groups in total. The van der Waals surface area contributed by atoms with Gasteiger partial charge in [-0.15, -0.1) is 6.58 Å². The molecule has 0 aliphatic carbocycles. The van der Waals surface area contributed by atoms with Crippen LogP contribution in [0.25, 0.3) is 0 Å². The van der Waals surface area contributed by atoms with Crippen molar-refractivity contribution in [3.63, 3.8) is 0 Å². The van der Waals surface area contributed by atoms with Crippen LogP contribution >= 0.6 is 0 Å². The van der Waals surface area contributed by atoms with E-state index in [1.165, 1.54) is 0 Å². The van der Waals surface area contributed by atoms with Gasteiger partial charge in [0.15, 0.2) is 0 Å². The molecule has 0 heterocycles. The van der Waals surface area contributed by atoms with Gasteiger partial charge in [-0.05, 0) is 32.9 Å². The Hall–Kier alpha value is -0.340. The average Bonchev–Trinajstić information content (AvgIpc) is 1.99. The molecule has 0 spiro atoms. The minimum atomic E-state index is -0.708. The Kier molecular flexibility index (Phi) is 5.16. The second-order valence-electron chi connectivity index (χ2n) is 3.06. The highest BCUT2D eigenvalue weighted by molar-refractivity contribution is 4.91. The molecule has 0 fully saturated rings. The van der Waals surface area contributed by atoms with Crippen molar-refractivity contribution in [2.24, 2.45) is 0 Å². The summed E-state index contributed by atoms with van der Waals surface area (Å²) in [6.45, 7) is 9.32. The van der Waals surface area contributed by atoms with E-state index < -0.39 is 5.60 Å². The standard InChI is InChI=1S/C9H19NO/c1-4-7-10-8-6-9(3,11)5-2/h5,10-11H,2,4,6-8H2,1,3H3. The summed E-state index contributed by atoms with van der Waals surface area (Å²) in [4.78, 5) is 0. The fourth-order valence-corrected chi connectivity index (χ4v) is 0.745. The quantitative estimate of drug-likeness (QED) is 0.450. The molecule has 2 nitrogen and oxygen atoms in total. The van der Waals surface area contributed by atoms with Crippen LogP contribution in [0.15, 0.2) is 12.7 Å². The van der Waals surface area contributed by atoms with Crippen LogP contribution in [0, 0.1) is 0 Å². The molecule has 0 aromatic rings. The number of nitrogens with one attached hydrogen (secondary N) is 1. The highest BCUT2D eigenvalue weighted by Crippen LogP contribution is 2.07. The van der Waals surface area contributed by atoms with Crippen molar-refractivity contribution >= 4 is 0 Å². The van der Waals surface area contributed by atoms with Crippen molar-refractivity contribution in [3.05, 3.63) is 12.7 Å². The van der Waals surface area contributed by atoms with Crippen molar-refractivity contribution in [3.8, 4) is 0 Å². The van der Waals surface area contributed by atoms with E-state index in [1.54, 1.807) is 13.0 Å². The summed E-state index contributed by atoms with van der Waals surface area (Å²) in [5, 5.41) is 12.7. The molecule has 0 radical (unpaired) electrons. The maximum Gasteiger partial charge on any atom is 0.0809 e. The summed E-state index contributed by atoms with van der Waals surface area (Å²) in [6, 6.07) is 0. The zero-order valence-corrected chi connectivity index (χ0v) is 7.56. The largest absolute Gasteiger partial charge is 0.386 e. The van der Waals surface area contributed by atoms with Crippen LogP contribution in [-0.4, -0.2) is 23.8 Å². The molecule has 0 amide bonds. The maximum absolute atomic E-state index is 9.46. The van der Waals surface area contributed by atoms with Crippen LogP contribution < -0.4 is 5.32 Å². The van der Waals surface area contributed by atoms with Gasteiger partial charge in [-0.2, -0.15) is 0 Å². The molecule has 0 aromatic carbocycles. The fourth-order valence-electron chi connectivity index (χ4n) is 0.745. The third-order valence-electron chi connectivity index (χ3n) is 1.67. The van der Waals surface area contributed by atoms with E-state index >= 15 is 0 Å². The first kappa shape index (κ1) is 10.7. The molecule has 2 heteroatoms. The Morgan fingerprint density at radius 2 is 2.18 bits per heavy atom. The summed E-state index contributed by atoms with van der Waals surface area (Å²) in [5.74, 6) is 0. The Labute approximate surface area is 69.3 Å². The summed E-state index contributed by atoms with van der Waals surface area (Å²) in [5.41, 5.74) is -0.708. The first-order valence-electron chi connectivity index (χ1n) is 4.19. The molecule has 0 saturated heterocycles. The summed E-state index contributed by atoms with van der Waals surface area (Å²) >= 11 is 0. The smallest absolute Gasteiger partial charge is 0.0809 e. The van der Waals surface area contributed by atoms with E-state index in [4.69, 9.17) is 0 Å². The predicted molar refractivity (Wildman–Crippen MR) is 48.6 cm³/mol. The van der Waals surface area contributed by atoms with E-state index in [1.807, 2.05) is 0 Å².